The van der Waals surface area contributed by atoms with Crippen LogP contribution in [-0.4, -0.2) is 11.1 Å². The molecule has 0 unspecified atom stereocenters. The molecule has 19 heavy (non-hydrogen) atoms. The van der Waals surface area contributed by atoms with Crippen LogP contribution < -0.4 is 10.6 Å². The Morgan fingerprint density at radius 1 is 1.16 bits per heavy atom. The Hall–Kier alpha value is -2.49. The van der Waals surface area contributed by atoms with Gasteiger partial charge in [-0.1, -0.05) is 36.4 Å². The molecule has 0 aliphatic rings. The highest BCUT2D eigenvalue weighted by Gasteiger charge is 2.03. The molecule has 2 amide bonds. The SMILES string of the molecule is Cc1ccc(NC(=O)NCc2ccccc2)cc1O. The lowest BCUT2D eigenvalue weighted by Gasteiger charge is -2.08. The Morgan fingerprint density at radius 3 is 2.58 bits per heavy atom. The van der Waals surface area contributed by atoms with Gasteiger partial charge in [0.15, 0.2) is 0 Å². The number of hydrogen-bond donors (Lipinski definition) is 3. The third-order valence-corrected chi connectivity index (χ3v) is 2.76. The third-order valence-electron chi connectivity index (χ3n) is 2.76. The van der Waals surface area contributed by atoms with E-state index in [1.165, 1.54) is 6.07 Å². The molecule has 4 nitrogen and oxygen atoms in total. The van der Waals surface area contributed by atoms with Gasteiger partial charge in [0, 0.05) is 18.3 Å². The topological polar surface area (TPSA) is 61.4 Å². The number of carbonyl (C=O) groups is 1. The molecule has 0 saturated carbocycles. The average Bonchev–Trinajstić information content (AvgIpc) is 2.42. The summed E-state index contributed by atoms with van der Waals surface area (Å²) in [4.78, 5) is 11.7. The molecule has 0 fully saturated rings. The first-order chi connectivity index (χ1) is 9.15. The van der Waals surface area contributed by atoms with Crippen LogP contribution >= 0.6 is 0 Å². The van der Waals surface area contributed by atoms with E-state index in [9.17, 15) is 9.90 Å². The van der Waals surface area contributed by atoms with Crippen LogP contribution in [0.1, 0.15) is 11.1 Å². The van der Waals surface area contributed by atoms with E-state index in [4.69, 9.17) is 0 Å². The largest absolute Gasteiger partial charge is 0.508 e. The molecule has 0 atom stereocenters. The lowest BCUT2D eigenvalue weighted by molar-refractivity contribution is 0.251. The van der Waals surface area contributed by atoms with Crippen molar-refractivity contribution in [3.05, 3.63) is 59.7 Å². The number of benzene rings is 2. The Morgan fingerprint density at radius 2 is 1.89 bits per heavy atom. The van der Waals surface area contributed by atoms with Crippen molar-refractivity contribution in [1.29, 1.82) is 0 Å². The number of rotatable bonds is 3. The number of phenolic OH excluding ortho intramolecular Hbond substituents is 1. The molecule has 0 saturated heterocycles. The first-order valence-electron chi connectivity index (χ1n) is 6.03. The second-order valence-electron chi connectivity index (χ2n) is 4.29. The van der Waals surface area contributed by atoms with Gasteiger partial charge >= 0.3 is 6.03 Å². The molecule has 0 spiro atoms. The third kappa shape index (κ3) is 3.74. The van der Waals surface area contributed by atoms with Crippen LogP contribution in [0.25, 0.3) is 0 Å². The van der Waals surface area contributed by atoms with Crippen LogP contribution in [-0.2, 0) is 6.54 Å². The van der Waals surface area contributed by atoms with E-state index in [1.54, 1.807) is 19.1 Å². The maximum Gasteiger partial charge on any atom is 0.319 e. The Labute approximate surface area is 112 Å². The highest BCUT2D eigenvalue weighted by molar-refractivity contribution is 5.89. The minimum atomic E-state index is -0.299. The van der Waals surface area contributed by atoms with E-state index in [0.717, 1.165) is 11.1 Å². The summed E-state index contributed by atoms with van der Waals surface area (Å²) in [6.07, 6.45) is 0. The van der Waals surface area contributed by atoms with Gasteiger partial charge in [-0.25, -0.2) is 4.79 Å². The number of amides is 2. The summed E-state index contributed by atoms with van der Waals surface area (Å²) in [5, 5.41) is 15.0. The van der Waals surface area contributed by atoms with Gasteiger partial charge in [-0.2, -0.15) is 0 Å². The number of carbonyl (C=O) groups excluding carboxylic acids is 1. The van der Waals surface area contributed by atoms with Crippen LogP contribution in [0.15, 0.2) is 48.5 Å². The molecule has 0 bridgehead atoms. The molecule has 0 aliphatic heterocycles. The molecule has 0 heterocycles. The normalized spacial score (nSPS) is 9.95. The summed E-state index contributed by atoms with van der Waals surface area (Å²) in [6, 6.07) is 14.4. The Bertz CT molecular complexity index is 568. The number of hydrogen-bond acceptors (Lipinski definition) is 2. The molecule has 3 N–H and O–H groups in total. The first-order valence-corrected chi connectivity index (χ1v) is 6.03. The molecule has 98 valence electrons. The van der Waals surface area contributed by atoms with E-state index in [2.05, 4.69) is 10.6 Å². The fourth-order valence-corrected chi connectivity index (χ4v) is 1.64. The van der Waals surface area contributed by atoms with Gasteiger partial charge in [0.25, 0.3) is 0 Å². The minimum Gasteiger partial charge on any atom is -0.508 e. The number of anilines is 1. The average molecular weight is 256 g/mol. The van der Waals surface area contributed by atoms with E-state index in [0.29, 0.717) is 12.2 Å². The molecule has 0 aliphatic carbocycles. The Balaban J connectivity index is 1.89. The van der Waals surface area contributed by atoms with Crippen molar-refractivity contribution in [1.82, 2.24) is 5.32 Å². The minimum absolute atomic E-state index is 0.167. The number of nitrogens with one attached hydrogen (secondary N) is 2. The predicted octanol–water partition coefficient (Wildman–Crippen LogP) is 3.02. The first kappa shape index (κ1) is 13.0. The van der Waals surface area contributed by atoms with Crippen molar-refractivity contribution in [3.8, 4) is 5.75 Å². The number of urea groups is 1. The molecule has 2 aromatic rings. The summed E-state index contributed by atoms with van der Waals surface area (Å²) in [5.74, 6) is 0.167. The second kappa shape index (κ2) is 5.91. The van der Waals surface area contributed by atoms with Crippen molar-refractivity contribution in [2.75, 3.05) is 5.32 Å². The molecule has 2 aromatic carbocycles. The second-order valence-corrected chi connectivity index (χ2v) is 4.29. The highest BCUT2D eigenvalue weighted by atomic mass is 16.3. The van der Waals surface area contributed by atoms with E-state index < -0.39 is 0 Å². The van der Waals surface area contributed by atoms with Crippen molar-refractivity contribution < 1.29 is 9.90 Å². The lowest BCUT2D eigenvalue weighted by Crippen LogP contribution is -2.28. The zero-order chi connectivity index (χ0) is 13.7. The molecular weight excluding hydrogens is 240 g/mol. The predicted molar refractivity (Wildman–Crippen MR) is 75.1 cm³/mol. The van der Waals surface area contributed by atoms with Gasteiger partial charge < -0.3 is 15.7 Å². The lowest BCUT2D eigenvalue weighted by atomic mass is 10.2. The van der Waals surface area contributed by atoms with Gasteiger partial charge in [-0.05, 0) is 24.1 Å². The van der Waals surface area contributed by atoms with Crippen LogP contribution in [0, 0.1) is 6.92 Å². The van der Waals surface area contributed by atoms with Gasteiger partial charge in [0.2, 0.25) is 0 Å². The Kier molecular flexibility index (Phi) is 4.03. The van der Waals surface area contributed by atoms with Crippen LogP contribution in [0.3, 0.4) is 0 Å². The maximum absolute atomic E-state index is 11.7. The molecular formula is C15H16N2O2. The smallest absolute Gasteiger partial charge is 0.319 e. The van der Waals surface area contributed by atoms with E-state index in [-0.39, 0.29) is 11.8 Å². The quantitative estimate of drug-likeness (QED) is 0.790. The van der Waals surface area contributed by atoms with Gasteiger partial charge in [-0.15, -0.1) is 0 Å². The van der Waals surface area contributed by atoms with Crippen LogP contribution in [0.5, 0.6) is 5.75 Å². The van der Waals surface area contributed by atoms with Gasteiger partial charge in [0.05, 0.1) is 0 Å². The monoisotopic (exact) mass is 256 g/mol. The van der Waals surface area contributed by atoms with Crippen molar-refractivity contribution in [2.24, 2.45) is 0 Å². The zero-order valence-corrected chi connectivity index (χ0v) is 10.7. The summed E-state index contributed by atoms with van der Waals surface area (Å²) in [6.45, 7) is 2.26. The summed E-state index contributed by atoms with van der Waals surface area (Å²) in [5.41, 5.74) is 2.37. The summed E-state index contributed by atoms with van der Waals surface area (Å²) < 4.78 is 0. The van der Waals surface area contributed by atoms with Crippen molar-refractivity contribution in [2.45, 2.75) is 13.5 Å². The molecule has 4 heteroatoms. The number of phenols is 1. The van der Waals surface area contributed by atoms with E-state index in [1.807, 2.05) is 30.3 Å². The zero-order valence-electron chi connectivity index (χ0n) is 10.7. The molecule has 2 rings (SSSR count). The standard InChI is InChI=1S/C15H16N2O2/c1-11-7-8-13(9-14(11)18)17-15(19)16-10-12-5-3-2-4-6-12/h2-9,18H,10H2,1H3,(H2,16,17,19). The van der Waals surface area contributed by atoms with Gasteiger partial charge in [0.1, 0.15) is 5.75 Å². The summed E-state index contributed by atoms with van der Waals surface area (Å²) >= 11 is 0. The summed E-state index contributed by atoms with van der Waals surface area (Å²) in [7, 11) is 0. The number of aromatic hydroxyl groups is 1. The number of aryl methyl sites for hydroxylation is 1. The fourth-order valence-electron chi connectivity index (χ4n) is 1.64. The van der Waals surface area contributed by atoms with Crippen molar-refractivity contribution >= 4 is 11.7 Å². The van der Waals surface area contributed by atoms with Gasteiger partial charge in [-0.3, -0.25) is 0 Å². The molecule has 0 aromatic heterocycles. The van der Waals surface area contributed by atoms with E-state index >= 15 is 0 Å². The highest BCUT2D eigenvalue weighted by Crippen LogP contribution is 2.20. The molecule has 0 radical (unpaired) electrons. The van der Waals surface area contributed by atoms with Crippen LogP contribution in [0.4, 0.5) is 10.5 Å². The maximum atomic E-state index is 11.7. The fraction of sp³-hybridized carbons (Fsp3) is 0.133. The van der Waals surface area contributed by atoms with Crippen molar-refractivity contribution in [3.63, 3.8) is 0 Å². The van der Waals surface area contributed by atoms with Crippen LogP contribution in [0.2, 0.25) is 0 Å².